The van der Waals surface area contributed by atoms with Gasteiger partial charge in [0.25, 0.3) is 5.56 Å². The molecule has 0 aliphatic heterocycles. The third kappa shape index (κ3) is 2.12. The van der Waals surface area contributed by atoms with Crippen LogP contribution in [0.3, 0.4) is 0 Å². The molecule has 1 heterocycles. The standard InChI is InChI=1S/C16H20N2OS/c1-10-6-5-9-14(11(10)2)18-15(19)12-7-3-4-8-13(12)17-16(18)20/h3-4,7-8,10-11,14H,5-6,9H2,1-2H3,(H,17,20)/t10-,11+,14+/m0/s1. The van der Waals surface area contributed by atoms with Crippen LogP contribution in [-0.4, -0.2) is 9.55 Å². The molecule has 1 aromatic heterocycles. The van der Waals surface area contributed by atoms with Gasteiger partial charge in [0, 0.05) is 6.04 Å². The number of hydrogen-bond acceptors (Lipinski definition) is 2. The summed E-state index contributed by atoms with van der Waals surface area (Å²) in [6.45, 7) is 4.51. The van der Waals surface area contributed by atoms with E-state index in [0.29, 0.717) is 16.6 Å². The Morgan fingerprint density at radius 3 is 2.80 bits per heavy atom. The summed E-state index contributed by atoms with van der Waals surface area (Å²) in [5.41, 5.74) is 0.880. The van der Waals surface area contributed by atoms with E-state index < -0.39 is 0 Å². The van der Waals surface area contributed by atoms with Gasteiger partial charge >= 0.3 is 0 Å². The first-order valence-corrected chi connectivity index (χ1v) is 7.74. The molecule has 1 N–H and O–H groups in total. The quantitative estimate of drug-likeness (QED) is 0.804. The molecule has 0 spiro atoms. The Kier molecular flexibility index (Phi) is 3.50. The van der Waals surface area contributed by atoms with E-state index in [-0.39, 0.29) is 11.6 Å². The molecule has 3 nitrogen and oxygen atoms in total. The zero-order valence-electron chi connectivity index (χ0n) is 11.9. The summed E-state index contributed by atoms with van der Waals surface area (Å²) in [4.78, 5) is 16.0. The number of nitrogens with one attached hydrogen (secondary N) is 1. The predicted octanol–water partition coefficient (Wildman–Crippen LogP) is 4.06. The molecule has 4 heteroatoms. The van der Waals surface area contributed by atoms with E-state index >= 15 is 0 Å². The number of fused-ring (bicyclic) bond motifs is 1. The van der Waals surface area contributed by atoms with E-state index in [9.17, 15) is 4.79 Å². The van der Waals surface area contributed by atoms with Gasteiger partial charge in [-0.3, -0.25) is 9.36 Å². The molecule has 1 aliphatic rings. The first-order chi connectivity index (χ1) is 9.59. The van der Waals surface area contributed by atoms with Gasteiger partial charge in [0.2, 0.25) is 0 Å². The van der Waals surface area contributed by atoms with Gasteiger partial charge in [-0.1, -0.05) is 38.8 Å². The van der Waals surface area contributed by atoms with Crippen LogP contribution in [0.2, 0.25) is 0 Å². The molecule has 0 unspecified atom stereocenters. The lowest BCUT2D eigenvalue weighted by molar-refractivity contribution is 0.181. The fraction of sp³-hybridized carbons (Fsp3) is 0.500. The smallest absolute Gasteiger partial charge is 0.262 e. The Balaban J connectivity index is 2.21. The Morgan fingerprint density at radius 2 is 2.00 bits per heavy atom. The minimum atomic E-state index is 0.0512. The number of benzene rings is 1. The van der Waals surface area contributed by atoms with Crippen molar-refractivity contribution in [2.45, 2.75) is 39.2 Å². The second-order valence-corrected chi connectivity index (χ2v) is 6.37. The van der Waals surface area contributed by atoms with Crippen LogP contribution in [0.15, 0.2) is 29.1 Å². The van der Waals surface area contributed by atoms with Crippen molar-refractivity contribution in [2.75, 3.05) is 0 Å². The van der Waals surface area contributed by atoms with Crippen molar-refractivity contribution in [1.82, 2.24) is 9.55 Å². The number of aromatic nitrogens is 2. The fourth-order valence-corrected chi connectivity index (χ4v) is 3.72. The number of aromatic amines is 1. The van der Waals surface area contributed by atoms with Crippen LogP contribution in [0.4, 0.5) is 0 Å². The fourth-order valence-electron chi connectivity index (χ4n) is 3.40. The molecule has 2 aromatic rings. The second kappa shape index (κ2) is 5.17. The van der Waals surface area contributed by atoms with Gasteiger partial charge in [-0.2, -0.15) is 0 Å². The largest absolute Gasteiger partial charge is 0.332 e. The van der Waals surface area contributed by atoms with E-state index in [0.717, 1.165) is 17.3 Å². The van der Waals surface area contributed by atoms with Crippen molar-refractivity contribution in [3.63, 3.8) is 0 Å². The topological polar surface area (TPSA) is 37.8 Å². The summed E-state index contributed by atoms with van der Waals surface area (Å²) in [6.07, 6.45) is 3.46. The monoisotopic (exact) mass is 288 g/mol. The zero-order valence-corrected chi connectivity index (χ0v) is 12.7. The van der Waals surface area contributed by atoms with Gasteiger partial charge < -0.3 is 4.98 Å². The van der Waals surface area contributed by atoms with Gasteiger partial charge in [-0.15, -0.1) is 0 Å². The summed E-state index contributed by atoms with van der Waals surface area (Å²) in [5.74, 6) is 1.12. The number of H-pyrrole nitrogens is 1. The average Bonchev–Trinajstić information content (AvgIpc) is 2.43. The lowest BCUT2D eigenvalue weighted by atomic mass is 9.78. The first kappa shape index (κ1) is 13.6. The van der Waals surface area contributed by atoms with Crippen molar-refractivity contribution < 1.29 is 0 Å². The molecule has 1 aromatic carbocycles. The van der Waals surface area contributed by atoms with Gasteiger partial charge in [0.1, 0.15) is 0 Å². The minimum absolute atomic E-state index is 0.0512. The Bertz CT molecular complexity index is 746. The molecular formula is C16H20N2OS. The molecule has 1 fully saturated rings. The number of rotatable bonds is 1. The lowest BCUT2D eigenvalue weighted by Crippen LogP contribution is -2.34. The van der Waals surface area contributed by atoms with Gasteiger partial charge in [-0.05, 0) is 42.6 Å². The predicted molar refractivity (Wildman–Crippen MR) is 84.6 cm³/mol. The highest BCUT2D eigenvalue weighted by atomic mass is 32.1. The molecule has 0 radical (unpaired) electrons. The van der Waals surface area contributed by atoms with Gasteiger partial charge in [-0.25, -0.2) is 0 Å². The summed E-state index contributed by atoms with van der Waals surface area (Å²) in [6, 6.07) is 7.82. The van der Waals surface area contributed by atoms with E-state index in [4.69, 9.17) is 12.2 Å². The minimum Gasteiger partial charge on any atom is -0.332 e. The normalized spacial score (nSPS) is 26.8. The zero-order chi connectivity index (χ0) is 14.3. The van der Waals surface area contributed by atoms with Crippen LogP contribution in [0, 0.1) is 16.6 Å². The van der Waals surface area contributed by atoms with E-state index in [1.54, 1.807) is 0 Å². The second-order valence-electron chi connectivity index (χ2n) is 5.99. The molecule has 0 amide bonds. The van der Waals surface area contributed by atoms with E-state index in [1.165, 1.54) is 12.8 Å². The third-order valence-corrected chi connectivity index (χ3v) is 5.13. The SMILES string of the molecule is C[C@H]1[C@H](n2c(=S)[nH]c3ccccc3c2=O)CCC[C@@H]1C. The van der Waals surface area contributed by atoms with Crippen LogP contribution in [-0.2, 0) is 0 Å². The Morgan fingerprint density at radius 1 is 1.25 bits per heavy atom. The summed E-state index contributed by atoms with van der Waals surface area (Å²) in [5, 5.41) is 0.728. The van der Waals surface area contributed by atoms with Gasteiger partial charge in [0.15, 0.2) is 4.77 Å². The number of nitrogens with zero attached hydrogens (tertiary/aromatic N) is 1. The average molecular weight is 288 g/mol. The van der Waals surface area contributed by atoms with Crippen LogP contribution < -0.4 is 5.56 Å². The summed E-state index contributed by atoms with van der Waals surface area (Å²) < 4.78 is 2.37. The maximum Gasteiger partial charge on any atom is 0.262 e. The molecule has 20 heavy (non-hydrogen) atoms. The maximum absolute atomic E-state index is 12.8. The Hall–Kier alpha value is -1.42. The molecule has 1 saturated carbocycles. The summed E-state index contributed by atoms with van der Waals surface area (Å²) in [7, 11) is 0. The van der Waals surface area contributed by atoms with Crippen LogP contribution in [0.1, 0.15) is 39.2 Å². The molecule has 106 valence electrons. The van der Waals surface area contributed by atoms with E-state index in [2.05, 4.69) is 18.8 Å². The molecule has 0 saturated heterocycles. The van der Waals surface area contributed by atoms with Crippen molar-refractivity contribution >= 4 is 23.1 Å². The maximum atomic E-state index is 12.8. The Labute approximate surface area is 123 Å². The third-order valence-electron chi connectivity index (χ3n) is 4.83. The molecule has 0 bridgehead atoms. The van der Waals surface area contributed by atoms with Crippen LogP contribution in [0.25, 0.3) is 10.9 Å². The molecule has 3 rings (SSSR count). The highest BCUT2D eigenvalue weighted by Crippen LogP contribution is 2.37. The van der Waals surface area contributed by atoms with Crippen LogP contribution >= 0.6 is 12.2 Å². The first-order valence-electron chi connectivity index (χ1n) is 7.33. The molecule has 3 atom stereocenters. The number of para-hydroxylation sites is 1. The highest BCUT2D eigenvalue weighted by Gasteiger charge is 2.29. The van der Waals surface area contributed by atoms with Crippen molar-refractivity contribution in [1.29, 1.82) is 0 Å². The number of hydrogen-bond donors (Lipinski definition) is 1. The van der Waals surface area contributed by atoms with Crippen molar-refractivity contribution in [3.8, 4) is 0 Å². The molecular weight excluding hydrogens is 268 g/mol. The van der Waals surface area contributed by atoms with Crippen LogP contribution in [0.5, 0.6) is 0 Å². The van der Waals surface area contributed by atoms with Crippen molar-refractivity contribution in [2.24, 2.45) is 11.8 Å². The lowest BCUT2D eigenvalue weighted by Gasteiger charge is -2.35. The summed E-state index contributed by atoms with van der Waals surface area (Å²) >= 11 is 5.45. The van der Waals surface area contributed by atoms with E-state index in [1.807, 2.05) is 28.8 Å². The highest BCUT2D eigenvalue weighted by molar-refractivity contribution is 7.71. The van der Waals surface area contributed by atoms with Crippen molar-refractivity contribution in [3.05, 3.63) is 39.4 Å². The molecule has 1 aliphatic carbocycles. The van der Waals surface area contributed by atoms with Gasteiger partial charge in [0.05, 0.1) is 10.9 Å².